The van der Waals surface area contributed by atoms with Gasteiger partial charge in [0.2, 0.25) is 5.95 Å². The Balaban J connectivity index is 1.58. The van der Waals surface area contributed by atoms with Gasteiger partial charge in [0.05, 0.1) is 11.8 Å². The van der Waals surface area contributed by atoms with Crippen LogP contribution >= 0.6 is 0 Å². The van der Waals surface area contributed by atoms with Gasteiger partial charge in [-0.2, -0.15) is 4.98 Å². The predicted molar refractivity (Wildman–Crippen MR) is 100 cm³/mol. The molecule has 0 aliphatic heterocycles. The number of halogens is 1. The van der Waals surface area contributed by atoms with Gasteiger partial charge in [0, 0.05) is 35.9 Å². The van der Waals surface area contributed by atoms with Crippen LogP contribution in [0.4, 0.5) is 21.8 Å². The average molecular weight is 348 g/mol. The molecule has 2 heterocycles. The van der Waals surface area contributed by atoms with Crippen LogP contribution in [0.25, 0.3) is 10.9 Å². The molecule has 6 nitrogen and oxygen atoms in total. The lowest BCUT2D eigenvalue weighted by Gasteiger charge is -2.11. The van der Waals surface area contributed by atoms with Crippen LogP contribution in [0.2, 0.25) is 0 Å². The van der Waals surface area contributed by atoms with Gasteiger partial charge in [-0.15, -0.1) is 0 Å². The van der Waals surface area contributed by atoms with E-state index < -0.39 is 0 Å². The number of rotatable bonds is 6. The largest absolute Gasteiger partial charge is 0.369 e. The van der Waals surface area contributed by atoms with Gasteiger partial charge in [-0.1, -0.05) is 12.1 Å². The molecular formula is C19H17FN6. The molecule has 0 aliphatic carbocycles. The van der Waals surface area contributed by atoms with E-state index in [2.05, 4.69) is 30.6 Å². The van der Waals surface area contributed by atoms with Gasteiger partial charge in [0.1, 0.15) is 11.6 Å². The summed E-state index contributed by atoms with van der Waals surface area (Å²) in [4.78, 5) is 16.2. The Labute approximate surface area is 149 Å². The lowest BCUT2D eigenvalue weighted by atomic mass is 10.2. The maximum atomic E-state index is 13.1. The molecule has 130 valence electrons. The minimum atomic E-state index is -0.281. The number of nitrogens with zero attached hydrogens (tertiary/aromatic N) is 3. The number of anilines is 3. The molecule has 26 heavy (non-hydrogen) atoms. The van der Waals surface area contributed by atoms with Gasteiger partial charge < -0.3 is 15.6 Å². The molecule has 0 saturated carbocycles. The van der Waals surface area contributed by atoms with Crippen molar-refractivity contribution in [1.29, 1.82) is 0 Å². The van der Waals surface area contributed by atoms with Crippen LogP contribution < -0.4 is 10.6 Å². The third kappa shape index (κ3) is 3.61. The summed E-state index contributed by atoms with van der Waals surface area (Å²) in [5, 5.41) is 7.43. The van der Waals surface area contributed by atoms with Gasteiger partial charge in [-0.25, -0.2) is 14.4 Å². The summed E-state index contributed by atoms with van der Waals surface area (Å²) >= 11 is 0. The highest BCUT2D eigenvalue weighted by atomic mass is 19.1. The van der Waals surface area contributed by atoms with Crippen molar-refractivity contribution in [1.82, 2.24) is 19.9 Å². The lowest BCUT2D eigenvalue weighted by Crippen LogP contribution is -2.09. The summed E-state index contributed by atoms with van der Waals surface area (Å²) in [5.41, 5.74) is 2.61. The van der Waals surface area contributed by atoms with Crippen molar-refractivity contribution in [2.24, 2.45) is 0 Å². The van der Waals surface area contributed by atoms with E-state index in [1.165, 1.54) is 12.1 Å². The number of hydrogen-bond acceptors (Lipinski definition) is 5. The van der Waals surface area contributed by atoms with Crippen molar-refractivity contribution in [3.63, 3.8) is 0 Å². The average Bonchev–Trinajstić information content (AvgIpc) is 3.17. The zero-order valence-electron chi connectivity index (χ0n) is 13.9. The number of benzene rings is 2. The topological polar surface area (TPSA) is 78.5 Å². The van der Waals surface area contributed by atoms with Gasteiger partial charge in [0.25, 0.3) is 0 Å². The fourth-order valence-corrected chi connectivity index (χ4v) is 2.67. The highest BCUT2D eigenvalue weighted by Crippen LogP contribution is 2.23. The molecule has 0 unspecified atom stereocenters. The van der Waals surface area contributed by atoms with Gasteiger partial charge in [-0.3, -0.25) is 0 Å². The summed E-state index contributed by atoms with van der Waals surface area (Å²) in [5.74, 6) is 0.926. The lowest BCUT2D eigenvalue weighted by molar-refractivity contribution is 0.628. The van der Waals surface area contributed by atoms with E-state index in [1.807, 2.05) is 24.3 Å². The van der Waals surface area contributed by atoms with Crippen molar-refractivity contribution < 1.29 is 4.39 Å². The fraction of sp³-hybridized carbons (Fsp3) is 0.105. The van der Waals surface area contributed by atoms with E-state index in [0.29, 0.717) is 12.5 Å². The molecule has 4 rings (SSSR count). The Morgan fingerprint density at radius 1 is 1.00 bits per heavy atom. The maximum Gasteiger partial charge on any atom is 0.229 e. The third-order valence-corrected chi connectivity index (χ3v) is 3.95. The molecule has 0 amide bonds. The Morgan fingerprint density at radius 2 is 1.85 bits per heavy atom. The number of hydrogen-bond donors (Lipinski definition) is 3. The quantitative estimate of drug-likeness (QED) is 0.493. The maximum absolute atomic E-state index is 13.1. The molecule has 2 aromatic carbocycles. The molecule has 0 bridgehead atoms. The highest BCUT2D eigenvalue weighted by Gasteiger charge is 2.08. The van der Waals surface area contributed by atoms with E-state index in [-0.39, 0.29) is 5.82 Å². The Hall–Kier alpha value is -3.48. The zero-order chi connectivity index (χ0) is 17.8. The predicted octanol–water partition coefficient (Wildman–Crippen LogP) is 3.89. The second-order valence-corrected chi connectivity index (χ2v) is 5.80. The van der Waals surface area contributed by atoms with E-state index in [9.17, 15) is 4.39 Å². The molecule has 0 radical (unpaired) electrons. The highest BCUT2D eigenvalue weighted by molar-refractivity contribution is 5.90. The molecule has 0 spiro atoms. The molecule has 2 aromatic heterocycles. The first kappa shape index (κ1) is 16.0. The summed E-state index contributed by atoms with van der Waals surface area (Å²) in [7, 11) is 0. The molecule has 0 aliphatic rings. The van der Waals surface area contributed by atoms with Crippen molar-refractivity contribution >= 4 is 28.4 Å². The van der Waals surface area contributed by atoms with Crippen molar-refractivity contribution in [2.45, 2.75) is 6.42 Å². The second kappa shape index (κ2) is 7.18. The van der Waals surface area contributed by atoms with Crippen LogP contribution in [0.3, 0.4) is 0 Å². The molecule has 3 N–H and O–H groups in total. The number of imidazole rings is 1. The zero-order valence-corrected chi connectivity index (χ0v) is 13.9. The number of H-pyrrole nitrogens is 1. The van der Waals surface area contributed by atoms with Crippen LogP contribution in [0.15, 0.2) is 61.1 Å². The standard InChI is InChI=1S/C19H17FN6/c20-13-5-7-14(8-6-13)24-19-25-17-4-2-1-3-16(17)18(26-19)22-10-9-15-11-21-12-23-15/h1-8,11-12H,9-10H2,(H,21,23)(H2,22,24,25,26). The summed E-state index contributed by atoms with van der Waals surface area (Å²) in [6, 6.07) is 13.9. The fourth-order valence-electron chi connectivity index (χ4n) is 2.67. The van der Waals surface area contributed by atoms with Crippen molar-refractivity contribution in [3.8, 4) is 0 Å². The van der Waals surface area contributed by atoms with Crippen molar-refractivity contribution in [3.05, 3.63) is 72.6 Å². The first-order valence-electron chi connectivity index (χ1n) is 8.28. The van der Waals surface area contributed by atoms with E-state index >= 15 is 0 Å². The summed E-state index contributed by atoms with van der Waals surface area (Å²) in [6.45, 7) is 0.708. The van der Waals surface area contributed by atoms with E-state index in [1.54, 1.807) is 24.7 Å². The smallest absolute Gasteiger partial charge is 0.229 e. The molecule has 0 saturated heterocycles. The SMILES string of the molecule is Fc1ccc(Nc2nc(NCCc3cnc[nH]3)c3ccccc3n2)cc1. The molecule has 0 fully saturated rings. The van der Waals surface area contributed by atoms with Crippen LogP contribution in [0, 0.1) is 5.82 Å². The number of para-hydroxylation sites is 1. The minimum Gasteiger partial charge on any atom is -0.369 e. The Bertz CT molecular complexity index is 998. The van der Waals surface area contributed by atoms with Gasteiger partial charge in [-0.05, 0) is 36.4 Å². The molecular weight excluding hydrogens is 331 g/mol. The number of aromatic amines is 1. The van der Waals surface area contributed by atoms with Gasteiger partial charge in [0.15, 0.2) is 0 Å². The normalized spacial score (nSPS) is 10.8. The monoisotopic (exact) mass is 348 g/mol. The second-order valence-electron chi connectivity index (χ2n) is 5.80. The summed E-state index contributed by atoms with van der Waals surface area (Å²) < 4.78 is 13.1. The first-order valence-corrected chi connectivity index (χ1v) is 8.28. The minimum absolute atomic E-state index is 0.281. The van der Waals surface area contributed by atoms with Gasteiger partial charge >= 0.3 is 0 Å². The van der Waals surface area contributed by atoms with E-state index in [4.69, 9.17) is 0 Å². The number of nitrogens with one attached hydrogen (secondary N) is 3. The number of aromatic nitrogens is 4. The Morgan fingerprint density at radius 3 is 2.65 bits per heavy atom. The summed E-state index contributed by atoms with van der Waals surface area (Å²) in [6.07, 6.45) is 4.28. The van der Waals surface area contributed by atoms with Crippen LogP contribution in [-0.2, 0) is 6.42 Å². The number of fused-ring (bicyclic) bond motifs is 1. The van der Waals surface area contributed by atoms with Crippen molar-refractivity contribution in [2.75, 3.05) is 17.2 Å². The van der Waals surface area contributed by atoms with Crippen LogP contribution in [0.5, 0.6) is 0 Å². The Kier molecular flexibility index (Phi) is 4.42. The third-order valence-electron chi connectivity index (χ3n) is 3.95. The molecule has 0 atom stereocenters. The molecule has 4 aromatic rings. The molecule has 7 heteroatoms. The van der Waals surface area contributed by atoms with Crippen LogP contribution in [-0.4, -0.2) is 26.5 Å². The first-order chi connectivity index (χ1) is 12.8. The van der Waals surface area contributed by atoms with E-state index in [0.717, 1.165) is 34.5 Å². The van der Waals surface area contributed by atoms with Crippen LogP contribution in [0.1, 0.15) is 5.69 Å².